The third kappa shape index (κ3) is 2.50. The van der Waals surface area contributed by atoms with Gasteiger partial charge in [-0.2, -0.15) is 10.4 Å². The van der Waals surface area contributed by atoms with E-state index in [1.807, 2.05) is 0 Å². The number of aryl methyl sites for hydroxylation is 1. The first-order valence-corrected chi connectivity index (χ1v) is 6.20. The van der Waals surface area contributed by atoms with E-state index in [1.54, 1.807) is 18.1 Å². The van der Waals surface area contributed by atoms with Crippen LogP contribution in [0.25, 0.3) is 0 Å². The lowest BCUT2D eigenvalue weighted by Crippen LogP contribution is -2.41. The van der Waals surface area contributed by atoms with E-state index in [0.717, 1.165) is 19.3 Å². The molecule has 1 aliphatic carbocycles. The molecule has 1 saturated carbocycles. The van der Waals surface area contributed by atoms with Gasteiger partial charge in [-0.15, -0.1) is 0 Å². The highest BCUT2D eigenvalue weighted by Crippen LogP contribution is 2.35. The molecule has 1 aliphatic rings. The molecule has 0 aromatic carbocycles. The van der Waals surface area contributed by atoms with Crippen molar-refractivity contribution in [2.45, 2.75) is 38.6 Å². The van der Waals surface area contributed by atoms with Gasteiger partial charge in [0.15, 0.2) is 5.82 Å². The van der Waals surface area contributed by atoms with E-state index >= 15 is 0 Å². The number of carbonyl (C=O) groups excluding carboxylic acids is 1. The smallest absolute Gasteiger partial charge is 0.240 e. The van der Waals surface area contributed by atoms with Gasteiger partial charge in [0.2, 0.25) is 5.91 Å². The molecular formula is C12H17N5O. The molecule has 0 aliphatic heterocycles. The van der Waals surface area contributed by atoms with Crippen molar-refractivity contribution < 1.29 is 4.79 Å². The van der Waals surface area contributed by atoms with Crippen LogP contribution in [0.2, 0.25) is 0 Å². The number of nitrogens with one attached hydrogen (secondary N) is 1. The van der Waals surface area contributed by atoms with E-state index in [9.17, 15) is 10.1 Å². The predicted octanol–water partition coefficient (Wildman–Crippen LogP) is 0.905. The van der Waals surface area contributed by atoms with Gasteiger partial charge in [-0.05, 0) is 12.8 Å². The van der Waals surface area contributed by atoms with Crippen LogP contribution in [0.1, 0.15) is 37.9 Å². The van der Waals surface area contributed by atoms with Crippen molar-refractivity contribution in [1.82, 2.24) is 20.1 Å². The summed E-state index contributed by atoms with van der Waals surface area (Å²) in [5.74, 6) is 0.381. The number of nitriles is 1. The van der Waals surface area contributed by atoms with E-state index in [1.165, 1.54) is 0 Å². The predicted molar refractivity (Wildman–Crippen MR) is 64.0 cm³/mol. The Bertz CT molecular complexity index is 467. The van der Waals surface area contributed by atoms with Gasteiger partial charge < -0.3 is 5.32 Å². The van der Waals surface area contributed by atoms with Crippen LogP contribution in [-0.4, -0.2) is 20.7 Å². The van der Waals surface area contributed by atoms with Crippen molar-refractivity contribution >= 4 is 5.91 Å². The summed E-state index contributed by atoms with van der Waals surface area (Å²) in [5.41, 5.74) is -0.840. The molecule has 2 rings (SSSR count). The molecule has 1 N–H and O–H groups in total. The molecule has 0 unspecified atom stereocenters. The maximum Gasteiger partial charge on any atom is 0.240 e. The standard InChI is InChI=1S/C12H17N5O/c1-17-9-15-10(16-17)7-14-11(18)12(8-13)5-3-2-4-6-12/h9H,2-7H2,1H3,(H,14,18). The molecule has 1 amide bonds. The SMILES string of the molecule is Cn1cnc(CNC(=O)C2(C#N)CCCCC2)n1. The van der Waals surface area contributed by atoms with Crippen molar-refractivity contribution in [2.75, 3.05) is 0 Å². The highest BCUT2D eigenvalue weighted by molar-refractivity contribution is 5.85. The van der Waals surface area contributed by atoms with Crippen molar-refractivity contribution in [3.8, 4) is 6.07 Å². The molecular weight excluding hydrogens is 230 g/mol. The fraction of sp³-hybridized carbons (Fsp3) is 0.667. The Hall–Kier alpha value is -1.90. The Morgan fingerprint density at radius 2 is 2.28 bits per heavy atom. The maximum atomic E-state index is 12.1. The zero-order valence-electron chi connectivity index (χ0n) is 10.5. The molecule has 0 bridgehead atoms. The second kappa shape index (κ2) is 5.17. The van der Waals surface area contributed by atoms with Crippen molar-refractivity contribution in [2.24, 2.45) is 12.5 Å². The minimum atomic E-state index is -0.840. The Labute approximate surface area is 106 Å². The fourth-order valence-corrected chi connectivity index (χ4v) is 2.34. The highest BCUT2D eigenvalue weighted by atomic mass is 16.2. The summed E-state index contributed by atoms with van der Waals surface area (Å²) in [6.07, 6.45) is 5.91. The molecule has 0 atom stereocenters. The van der Waals surface area contributed by atoms with E-state index in [0.29, 0.717) is 18.7 Å². The summed E-state index contributed by atoms with van der Waals surface area (Å²) in [7, 11) is 1.77. The number of hydrogen-bond donors (Lipinski definition) is 1. The molecule has 1 fully saturated rings. The largest absolute Gasteiger partial charge is 0.347 e. The van der Waals surface area contributed by atoms with Crippen LogP contribution in [0.3, 0.4) is 0 Å². The van der Waals surface area contributed by atoms with E-state index in [-0.39, 0.29) is 12.5 Å². The van der Waals surface area contributed by atoms with Crippen LogP contribution in [-0.2, 0) is 18.4 Å². The average molecular weight is 247 g/mol. The normalized spacial score (nSPS) is 18.0. The second-order valence-electron chi connectivity index (χ2n) is 4.77. The minimum Gasteiger partial charge on any atom is -0.347 e. The Morgan fingerprint density at radius 1 is 1.56 bits per heavy atom. The number of nitrogens with zero attached hydrogens (tertiary/aromatic N) is 4. The summed E-state index contributed by atoms with van der Waals surface area (Å²) in [6, 6.07) is 2.20. The number of hydrogen-bond acceptors (Lipinski definition) is 4. The van der Waals surface area contributed by atoms with E-state index in [4.69, 9.17) is 0 Å². The number of carbonyl (C=O) groups is 1. The lowest BCUT2D eigenvalue weighted by Gasteiger charge is -2.28. The van der Waals surface area contributed by atoms with Crippen LogP contribution in [0.15, 0.2) is 6.33 Å². The summed E-state index contributed by atoms with van der Waals surface area (Å²) in [6.45, 7) is 0.281. The Kier molecular flexibility index (Phi) is 3.60. The summed E-state index contributed by atoms with van der Waals surface area (Å²) < 4.78 is 1.59. The molecule has 1 heterocycles. The van der Waals surface area contributed by atoms with Gasteiger partial charge in [-0.25, -0.2) is 4.98 Å². The first-order chi connectivity index (χ1) is 8.66. The van der Waals surface area contributed by atoms with Gasteiger partial charge >= 0.3 is 0 Å². The van der Waals surface area contributed by atoms with E-state index < -0.39 is 5.41 Å². The third-order valence-corrected chi connectivity index (χ3v) is 3.41. The summed E-state index contributed by atoms with van der Waals surface area (Å²) in [5, 5.41) is 16.1. The van der Waals surface area contributed by atoms with Crippen LogP contribution in [0, 0.1) is 16.7 Å². The monoisotopic (exact) mass is 247 g/mol. The number of amides is 1. The average Bonchev–Trinajstić information content (AvgIpc) is 2.82. The number of aromatic nitrogens is 3. The molecule has 0 radical (unpaired) electrons. The summed E-state index contributed by atoms with van der Waals surface area (Å²) in [4.78, 5) is 16.2. The molecule has 0 spiro atoms. The minimum absolute atomic E-state index is 0.183. The zero-order valence-corrected chi connectivity index (χ0v) is 10.5. The van der Waals surface area contributed by atoms with Gasteiger partial charge in [0, 0.05) is 7.05 Å². The highest BCUT2D eigenvalue weighted by Gasteiger charge is 2.39. The molecule has 1 aromatic rings. The van der Waals surface area contributed by atoms with Crippen LogP contribution in [0.5, 0.6) is 0 Å². The first-order valence-electron chi connectivity index (χ1n) is 6.20. The van der Waals surface area contributed by atoms with E-state index in [2.05, 4.69) is 21.5 Å². The van der Waals surface area contributed by atoms with Crippen LogP contribution >= 0.6 is 0 Å². The van der Waals surface area contributed by atoms with Gasteiger partial charge in [0.25, 0.3) is 0 Å². The Morgan fingerprint density at radius 3 is 2.83 bits per heavy atom. The lowest BCUT2D eigenvalue weighted by molar-refractivity contribution is -0.129. The van der Waals surface area contributed by atoms with Crippen molar-refractivity contribution in [3.05, 3.63) is 12.2 Å². The van der Waals surface area contributed by atoms with Gasteiger partial charge in [-0.1, -0.05) is 19.3 Å². The van der Waals surface area contributed by atoms with Gasteiger partial charge in [-0.3, -0.25) is 9.48 Å². The maximum absolute atomic E-state index is 12.1. The van der Waals surface area contributed by atoms with Crippen LogP contribution < -0.4 is 5.32 Å². The van der Waals surface area contributed by atoms with Crippen molar-refractivity contribution in [1.29, 1.82) is 5.26 Å². The van der Waals surface area contributed by atoms with Crippen molar-refractivity contribution in [3.63, 3.8) is 0 Å². The molecule has 18 heavy (non-hydrogen) atoms. The quantitative estimate of drug-likeness (QED) is 0.860. The van der Waals surface area contributed by atoms with Gasteiger partial charge in [0.05, 0.1) is 12.6 Å². The molecule has 96 valence electrons. The third-order valence-electron chi connectivity index (χ3n) is 3.41. The first kappa shape index (κ1) is 12.6. The molecule has 6 heteroatoms. The summed E-state index contributed by atoms with van der Waals surface area (Å²) >= 11 is 0. The van der Waals surface area contributed by atoms with Gasteiger partial charge in [0.1, 0.15) is 11.7 Å². The zero-order chi connectivity index (χ0) is 13.0. The molecule has 0 saturated heterocycles. The topological polar surface area (TPSA) is 83.6 Å². The lowest BCUT2D eigenvalue weighted by atomic mass is 9.74. The fourth-order valence-electron chi connectivity index (χ4n) is 2.34. The molecule has 6 nitrogen and oxygen atoms in total. The Balaban J connectivity index is 1.96. The number of rotatable bonds is 3. The van der Waals surface area contributed by atoms with Crippen LogP contribution in [0.4, 0.5) is 0 Å². The second-order valence-corrected chi connectivity index (χ2v) is 4.77. The molecule has 1 aromatic heterocycles.